The van der Waals surface area contributed by atoms with E-state index in [2.05, 4.69) is 40.9 Å². The van der Waals surface area contributed by atoms with Gasteiger partial charge in [0.05, 0.1) is 79.5 Å². The Labute approximate surface area is 538 Å². The van der Waals surface area contributed by atoms with Gasteiger partial charge in [0.25, 0.3) is 5.91 Å². The van der Waals surface area contributed by atoms with Gasteiger partial charge in [-0.2, -0.15) is 15.0 Å². The molecule has 5 heterocycles. The number of aromatic nitrogens is 6. The Hall–Kier alpha value is -9.94. The SMILES string of the molecule is CCCCCOC(=O)Nc1nc(=O)n([C@@H]2O[C@H](C)[C@@H](O)[C@H]2O)cc1F.COc1cccc2c1C(=O)c1c(O)c3c(c(O)c1C2=O)C[C@@](O)(C(C)=O)C[C@@H]3O[C@H]1C[C@H](N)[C@H](O)[C@H](C)O1.Nc1nc(N)c2nc(CNc3ccc(C(=O)NC(CCC(=O)O)C(=O)O)cc3)cnc2n1. The second kappa shape index (κ2) is 30.0. The Balaban J connectivity index is 0.000000187. The molecule has 508 valence electrons. The molecule has 4 aliphatic rings. The van der Waals surface area contributed by atoms with Crippen LogP contribution in [0.15, 0.2) is 59.7 Å². The fourth-order valence-electron chi connectivity index (χ4n) is 10.8. The van der Waals surface area contributed by atoms with Gasteiger partial charge in [0.15, 0.2) is 52.7 Å². The summed E-state index contributed by atoms with van der Waals surface area (Å²) >= 11 is 0. The number of carboxylic acid groups (broad SMARTS) is 2. The normalized spacial score (nSPS) is 22.8. The van der Waals surface area contributed by atoms with Gasteiger partial charge >= 0.3 is 23.7 Å². The van der Waals surface area contributed by atoms with Gasteiger partial charge in [-0.1, -0.05) is 31.9 Å². The molecule has 33 nitrogen and oxygen atoms in total. The van der Waals surface area contributed by atoms with Crippen LogP contribution in [0.3, 0.4) is 0 Å². The van der Waals surface area contributed by atoms with Crippen molar-refractivity contribution in [3.63, 3.8) is 0 Å². The summed E-state index contributed by atoms with van der Waals surface area (Å²) in [5.74, 6) is -7.69. The quantitative estimate of drug-likeness (QED) is 0.0407. The summed E-state index contributed by atoms with van der Waals surface area (Å²) in [7, 11) is 1.34. The zero-order valence-electron chi connectivity index (χ0n) is 51.7. The number of unbranched alkanes of at least 4 members (excludes halogenated alkanes) is 2. The van der Waals surface area contributed by atoms with E-state index in [9.17, 15) is 73.4 Å². The number of hydrogen-bond acceptors (Lipinski definition) is 28. The molecule has 0 radical (unpaired) electrons. The first-order valence-corrected chi connectivity index (χ1v) is 29.7. The highest BCUT2D eigenvalue weighted by atomic mass is 19.1. The lowest BCUT2D eigenvalue weighted by Gasteiger charge is -2.42. The number of carbonyl (C=O) groups excluding carboxylic acids is 5. The van der Waals surface area contributed by atoms with Gasteiger partial charge in [-0.05, 0) is 63.9 Å². The van der Waals surface area contributed by atoms with Crippen LogP contribution >= 0.6 is 0 Å². The molecule has 2 amide bonds. The Morgan fingerprint density at radius 2 is 1.58 bits per heavy atom. The van der Waals surface area contributed by atoms with Crippen molar-refractivity contribution in [3.8, 4) is 17.2 Å². The number of anilines is 4. The number of ether oxygens (including phenoxy) is 5. The number of aliphatic hydroxyl groups excluding tert-OH is 3. The number of carbonyl (C=O) groups is 7. The molecule has 1 unspecified atom stereocenters. The second-order valence-corrected chi connectivity index (χ2v) is 22.7. The number of hydrogen-bond donors (Lipinski definition) is 14. The topological polar surface area (TPSA) is 528 Å². The number of rotatable bonds is 19. The van der Waals surface area contributed by atoms with E-state index in [0.29, 0.717) is 29.9 Å². The molecule has 2 aliphatic heterocycles. The number of nitrogen functional groups attached to an aromatic ring is 2. The molecule has 2 aliphatic carbocycles. The van der Waals surface area contributed by atoms with Crippen LogP contribution in [0.5, 0.6) is 17.2 Å². The van der Waals surface area contributed by atoms with E-state index in [0.717, 1.165) is 23.6 Å². The van der Waals surface area contributed by atoms with Crippen molar-refractivity contribution in [1.82, 2.24) is 34.8 Å². The van der Waals surface area contributed by atoms with E-state index < -0.39 is 154 Å². The highest BCUT2D eigenvalue weighted by Crippen LogP contribution is 2.52. The Bertz CT molecular complexity index is 3980. The van der Waals surface area contributed by atoms with Gasteiger partial charge in [0, 0.05) is 59.7 Å². The third-order valence-electron chi connectivity index (χ3n) is 16.0. The van der Waals surface area contributed by atoms with Crippen LogP contribution in [0.1, 0.15) is 144 Å². The number of Topliss-reactive ketones (excluding diaryl/α,β-unsaturated/α-hetero) is 1. The third-order valence-corrected chi connectivity index (χ3v) is 16.0. The van der Waals surface area contributed by atoms with Crippen molar-refractivity contribution >= 4 is 75.7 Å². The number of benzene rings is 3. The monoisotopic (exact) mass is 1330 g/mol. The molecule has 6 aromatic rings. The fourth-order valence-corrected chi connectivity index (χ4v) is 10.8. The molecule has 2 fully saturated rings. The number of aromatic hydroxyl groups is 2. The largest absolute Gasteiger partial charge is 0.507 e. The third kappa shape index (κ3) is 15.8. The molecular formula is C61H71FN12O21. The van der Waals surface area contributed by atoms with Gasteiger partial charge < -0.3 is 92.4 Å². The summed E-state index contributed by atoms with van der Waals surface area (Å²) in [5, 5.41) is 89.0. The van der Waals surface area contributed by atoms with E-state index in [1.165, 1.54) is 57.5 Å². The number of aliphatic carboxylic acids is 2. The van der Waals surface area contributed by atoms with Crippen LogP contribution < -0.4 is 43.6 Å². The number of fused-ring (bicyclic) bond motifs is 4. The maximum Gasteiger partial charge on any atom is 0.412 e. The van der Waals surface area contributed by atoms with Crippen LogP contribution in [-0.4, -0.2) is 180 Å². The molecule has 0 bridgehead atoms. The number of halogens is 1. The minimum atomic E-state index is -2.00. The highest BCUT2D eigenvalue weighted by Gasteiger charge is 2.50. The molecule has 0 saturated carbocycles. The Morgan fingerprint density at radius 1 is 0.884 bits per heavy atom. The zero-order chi connectivity index (χ0) is 69.5. The Morgan fingerprint density at radius 3 is 2.21 bits per heavy atom. The molecular weight excluding hydrogens is 1260 g/mol. The fraction of sp³-hybridized carbons (Fsp3) is 0.426. The first-order valence-electron chi connectivity index (χ1n) is 29.7. The summed E-state index contributed by atoms with van der Waals surface area (Å²) in [6, 6.07) is 8.73. The van der Waals surface area contributed by atoms with Gasteiger partial charge in [-0.25, -0.2) is 28.7 Å². The smallest absolute Gasteiger partial charge is 0.412 e. The van der Waals surface area contributed by atoms with Crippen molar-refractivity contribution in [3.05, 3.63) is 116 Å². The van der Waals surface area contributed by atoms with E-state index in [1.54, 1.807) is 19.1 Å². The van der Waals surface area contributed by atoms with E-state index in [1.807, 2.05) is 6.92 Å². The first kappa shape index (κ1) is 70.9. The maximum absolute atomic E-state index is 14.1. The molecule has 95 heavy (non-hydrogen) atoms. The molecule has 11 atom stereocenters. The lowest BCUT2D eigenvalue weighted by atomic mass is 9.72. The van der Waals surface area contributed by atoms with Crippen LogP contribution in [-0.2, 0) is 46.3 Å². The number of methoxy groups -OCH3 is 1. The lowest BCUT2D eigenvalue weighted by molar-refractivity contribution is -0.247. The van der Waals surface area contributed by atoms with E-state index in [4.69, 9.17) is 51.1 Å². The molecule has 2 saturated heterocycles. The van der Waals surface area contributed by atoms with Gasteiger partial charge in [0.1, 0.15) is 41.1 Å². The predicted molar refractivity (Wildman–Crippen MR) is 328 cm³/mol. The summed E-state index contributed by atoms with van der Waals surface area (Å²) < 4.78 is 42.0. The molecule has 3 aromatic carbocycles. The summed E-state index contributed by atoms with van der Waals surface area (Å²) in [6.07, 6.45) is -5.85. The standard InChI is InChI=1S/C27H29NO10.C19H20N8O5.C15H22FN3O6/c1-10-22(30)14(28)7-17(37-10)38-16-9-27(35,11(2)29)8-13-19(16)26(34)21-20(24(13)32)23(31)12-5-4-6-15(36-3)18(12)25(21)33;20-15-14-16(27-19(21)26-15)23-8-11(24-14)7-22-10-3-1-9(2-4-10)17(30)25-12(18(31)32)5-6-13(28)29;1-3-4-5-6-24-15(23)18-12-9(16)7-19(14(22)17-12)13-11(21)10(20)8(2)25-13/h4-6,10,14,16-17,22,30,32,34-35H,7-9,28H2,1-3H3;1-4,8,12,22H,5-7H2,(H,25,30)(H,28,29)(H,31,32)(H4,20,21,23,26,27);7-8,10-11,13,20-21H,3-6H2,1-2H3,(H,17,18,22,23)/t10-,14-,16-,17-,22+,27-;;8-,10-,11-,13-/m0.1/s1. The first-order chi connectivity index (χ1) is 45.0. The summed E-state index contributed by atoms with van der Waals surface area (Å²) in [4.78, 5) is 117. The number of phenolic OH excluding ortho intramolecular Hbond substituents is 2. The molecule has 17 N–H and O–H groups in total. The van der Waals surface area contributed by atoms with E-state index in [-0.39, 0.29) is 83.3 Å². The number of phenols is 2. The number of nitrogens with zero attached hydrogens (tertiary/aromatic N) is 6. The van der Waals surface area contributed by atoms with Crippen LogP contribution in [0.4, 0.5) is 32.5 Å². The zero-order valence-corrected chi connectivity index (χ0v) is 51.7. The van der Waals surface area contributed by atoms with Crippen LogP contribution in [0, 0.1) is 5.82 Å². The highest BCUT2D eigenvalue weighted by molar-refractivity contribution is 6.31. The van der Waals surface area contributed by atoms with Gasteiger partial charge in [-0.3, -0.25) is 33.9 Å². The minimum Gasteiger partial charge on any atom is -0.507 e. The Kier molecular flexibility index (Phi) is 22.4. The number of nitrogens with one attached hydrogen (secondary N) is 3. The number of nitrogens with two attached hydrogens (primary N) is 3. The van der Waals surface area contributed by atoms with Crippen LogP contribution in [0.25, 0.3) is 11.2 Å². The van der Waals surface area contributed by atoms with Crippen LogP contribution in [0.2, 0.25) is 0 Å². The van der Waals surface area contributed by atoms with E-state index >= 15 is 0 Å². The second-order valence-electron chi connectivity index (χ2n) is 22.7. The average Bonchev–Trinajstić information content (AvgIpc) is 1.19. The number of carboxylic acids is 2. The van der Waals surface area contributed by atoms with Crippen molar-refractivity contribution in [2.45, 2.75) is 152 Å². The lowest BCUT2D eigenvalue weighted by Crippen LogP contribution is -2.52. The van der Waals surface area contributed by atoms with Crippen molar-refractivity contribution in [2.75, 3.05) is 35.8 Å². The summed E-state index contributed by atoms with van der Waals surface area (Å²) in [5.41, 5.74) is 15.5. The van der Waals surface area contributed by atoms with Crippen molar-refractivity contribution < 1.29 is 102 Å². The number of ketones is 3. The molecule has 34 heteroatoms. The molecule has 3 aromatic heterocycles. The molecule has 0 spiro atoms. The maximum atomic E-state index is 14.1. The van der Waals surface area contributed by atoms with Crippen molar-refractivity contribution in [1.29, 1.82) is 0 Å². The average molecular weight is 1330 g/mol. The number of amides is 2. The van der Waals surface area contributed by atoms with Gasteiger partial charge in [0.2, 0.25) is 11.7 Å². The van der Waals surface area contributed by atoms with Crippen molar-refractivity contribution in [2.24, 2.45) is 5.73 Å². The number of aliphatic hydroxyl groups is 4. The minimum absolute atomic E-state index is 0.0101. The predicted octanol–water partition coefficient (Wildman–Crippen LogP) is 2.03. The molecule has 10 rings (SSSR count). The summed E-state index contributed by atoms with van der Waals surface area (Å²) in [6.45, 7) is 6.77. The van der Waals surface area contributed by atoms with Gasteiger partial charge in [-0.15, -0.1) is 0 Å².